The van der Waals surface area contributed by atoms with Gasteiger partial charge in [-0.2, -0.15) is 0 Å². The lowest BCUT2D eigenvalue weighted by Crippen LogP contribution is -2.35. The van der Waals surface area contributed by atoms with Crippen molar-refractivity contribution in [3.05, 3.63) is 18.2 Å². The summed E-state index contributed by atoms with van der Waals surface area (Å²) in [7, 11) is 0. The normalized spacial score (nSPS) is 16.9. The molecule has 0 fully saturated rings. The average molecular weight is 280 g/mol. The Morgan fingerprint density at radius 1 is 1.35 bits per heavy atom. The van der Waals surface area contributed by atoms with Crippen LogP contribution in [0.15, 0.2) is 18.2 Å². The molecule has 0 spiro atoms. The molecule has 0 radical (unpaired) electrons. The first-order valence-electron chi connectivity index (χ1n) is 6.53. The highest BCUT2D eigenvalue weighted by Crippen LogP contribution is 2.36. The van der Waals surface area contributed by atoms with E-state index < -0.39 is 18.0 Å². The van der Waals surface area contributed by atoms with Crippen LogP contribution in [0.25, 0.3) is 0 Å². The number of carbonyl (C=O) groups is 1. The Morgan fingerprint density at radius 3 is 2.75 bits per heavy atom. The second-order valence-electron chi connectivity index (χ2n) is 5.59. The Hall–Kier alpha value is -2.11. The Bertz CT molecular complexity index is 496. The molecule has 1 aliphatic heterocycles. The van der Waals surface area contributed by atoms with Crippen molar-refractivity contribution in [1.29, 1.82) is 0 Å². The molecule has 6 heteroatoms. The third-order valence-corrected chi connectivity index (χ3v) is 2.53. The summed E-state index contributed by atoms with van der Waals surface area (Å²) in [4.78, 5) is 11.5. The zero-order chi connectivity index (χ0) is 14.8. The number of anilines is 1. The molecule has 6 nitrogen and oxygen atoms in total. The number of ether oxygens (including phenoxy) is 3. The van der Waals surface area contributed by atoms with Crippen LogP contribution in [-0.2, 0) is 4.74 Å². The molecular weight excluding hydrogens is 260 g/mol. The van der Waals surface area contributed by atoms with Crippen LogP contribution in [0.4, 0.5) is 10.5 Å². The first-order valence-corrected chi connectivity index (χ1v) is 6.53. The maximum absolute atomic E-state index is 11.5. The number of hydrogen-bond acceptors (Lipinski definition) is 5. The van der Waals surface area contributed by atoms with Crippen LogP contribution in [0.1, 0.15) is 27.2 Å². The van der Waals surface area contributed by atoms with Crippen molar-refractivity contribution in [2.24, 2.45) is 0 Å². The summed E-state index contributed by atoms with van der Waals surface area (Å²) in [6, 6.07) is 5.24. The maximum atomic E-state index is 11.5. The van der Waals surface area contributed by atoms with Gasteiger partial charge in [-0.15, -0.1) is 0 Å². The minimum absolute atomic E-state index is 0.406. The van der Waals surface area contributed by atoms with Crippen molar-refractivity contribution >= 4 is 11.8 Å². The quantitative estimate of drug-likeness (QED) is 0.830. The number of nitrogen functional groups attached to an aromatic ring is 1. The van der Waals surface area contributed by atoms with Crippen LogP contribution in [0.5, 0.6) is 11.5 Å². The lowest BCUT2D eigenvalue weighted by atomic mass is 10.2. The molecule has 0 saturated heterocycles. The summed E-state index contributed by atoms with van der Waals surface area (Å²) in [5.41, 5.74) is 5.79. The molecule has 3 N–H and O–H groups in total. The largest absolute Gasteiger partial charge is 0.451 e. The van der Waals surface area contributed by atoms with Crippen LogP contribution in [0.2, 0.25) is 0 Å². The predicted octanol–water partition coefficient (Wildman–Crippen LogP) is 2.28. The predicted molar refractivity (Wildman–Crippen MR) is 74.8 cm³/mol. The van der Waals surface area contributed by atoms with E-state index in [2.05, 4.69) is 5.32 Å². The number of nitrogens with two attached hydrogens (primary N) is 1. The molecule has 0 aliphatic carbocycles. The molecule has 1 aromatic rings. The minimum atomic E-state index is -0.502. The zero-order valence-corrected chi connectivity index (χ0v) is 11.9. The highest BCUT2D eigenvalue weighted by atomic mass is 16.7. The van der Waals surface area contributed by atoms with E-state index in [9.17, 15) is 4.79 Å². The van der Waals surface area contributed by atoms with Crippen molar-refractivity contribution in [3.63, 3.8) is 0 Å². The second kappa shape index (κ2) is 5.48. The Morgan fingerprint density at radius 2 is 2.05 bits per heavy atom. The molecule has 1 atom stereocenters. The molecule has 1 amide bonds. The van der Waals surface area contributed by atoms with Crippen LogP contribution >= 0.6 is 0 Å². The maximum Gasteiger partial charge on any atom is 0.407 e. The zero-order valence-electron chi connectivity index (χ0n) is 11.9. The molecule has 0 aromatic heterocycles. The number of benzene rings is 1. The molecule has 1 aromatic carbocycles. The highest BCUT2D eigenvalue weighted by Gasteiger charge is 2.24. The van der Waals surface area contributed by atoms with Gasteiger partial charge in [0.2, 0.25) is 6.29 Å². The lowest BCUT2D eigenvalue weighted by molar-refractivity contribution is 0.0361. The van der Waals surface area contributed by atoms with Gasteiger partial charge in [-0.3, -0.25) is 0 Å². The fraction of sp³-hybridized carbons (Fsp3) is 0.500. The first kappa shape index (κ1) is 14.3. The molecule has 20 heavy (non-hydrogen) atoms. The first-order chi connectivity index (χ1) is 9.33. The van der Waals surface area contributed by atoms with E-state index >= 15 is 0 Å². The molecule has 2 rings (SSSR count). The third-order valence-electron chi connectivity index (χ3n) is 2.53. The van der Waals surface area contributed by atoms with Crippen molar-refractivity contribution in [2.45, 2.75) is 39.1 Å². The smallest absolute Gasteiger partial charge is 0.407 e. The summed E-state index contributed by atoms with van der Waals surface area (Å²) >= 11 is 0. The fourth-order valence-electron chi connectivity index (χ4n) is 1.75. The van der Waals surface area contributed by atoms with E-state index in [0.29, 0.717) is 30.2 Å². The van der Waals surface area contributed by atoms with Gasteiger partial charge in [0.15, 0.2) is 11.5 Å². The third kappa shape index (κ3) is 3.94. The van der Waals surface area contributed by atoms with E-state index in [-0.39, 0.29) is 0 Å². The van der Waals surface area contributed by atoms with Gasteiger partial charge in [0.05, 0.1) is 0 Å². The van der Waals surface area contributed by atoms with Crippen LogP contribution in [0.3, 0.4) is 0 Å². The molecular formula is C14H20N2O4. The van der Waals surface area contributed by atoms with E-state index in [1.54, 1.807) is 18.2 Å². The van der Waals surface area contributed by atoms with Crippen molar-refractivity contribution < 1.29 is 19.0 Å². The van der Waals surface area contributed by atoms with Crippen molar-refractivity contribution in [2.75, 3.05) is 12.3 Å². The van der Waals surface area contributed by atoms with Gasteiger partial charge >= 0.3 is 6.09 Å². The van der Waals surface area contributed by atoms with Gasteiger partial charge in [0.1, 0.15) is 5.60 Å². The van der Waals surface area contributed by atoms with Gasteiger partial charge in [0, 0.05) is 24.7 Å². The van der Waals surface area contributed by atoms with Crippen LogP contribution in [-0.4, -0.2) is 24.5 Å². The van der Waals surface area contributed by atoms with E-state index in [1.807, 2.05) is 20.8 Å². The number of alkyl carbamates (subject to hydrolysis) is 1. The Kier molecular flexibility index (Phi) is 3.92. The highest BCUT2D eigenvalue weighted by molar-refractivity contribution is 5.67. The summed E-state index contributed by atoms with van der Waals surface area (Å²) in [5.74, 6) is 1.30. The van der Waals surface area contributed by atoms with Crippen LogP contribution in [0, 0.1) is 0 Å². The lowest BCUT2D eigenvalue weighted by Gasteiger charge is -2.20. The Labute approximate surface area is 118 Å². The molecule has 1 aliphatic rings. The topological polar surface area (TPSA) is 82.8 Å². The summed E-state index contributed by atoms with van der Waals surface area (Å²) in [6.45, 7) is 5.85. The van der Waals surface area contributed by atoms with E-state index in [0.717, 1.165) is 0 Å². The number of carbonyl (C=O) groups excluding carboxylic acids is 1. The number of fused-ring (bicyclic) bond motifs is 1. The standard InChI is InChI=1S/C14H20N2O4/c1-14(2,3)20-13(17)16-7-6-12-18-10-5-4-9(15)8-11(10)19-12/h4-5,8,12H,6-7,15H2,1-3H3,(H,16,17). The van der Waals surface area contributed by atoms with E-state index in [1.165, 1.54) is 0 Å². The molecule has 0 saturated carbocycles. The number of amides is 1. The van der Waals surface area contributed by atoms with Crippen molar-refractivity contribution in [1.82, 2.24) is 5.32 Å². The summed E-state index contributed by atoms with van der Waals surface area (Å²) < 4.78 is 16.3. The molecule has 0 bridgehead atoms. The van der Waals surface area contributed by atoms with Gasteiger partial charge in [-0.05, 0) is 32.9 Å². The average Bonchev–Trinajstić information content (AvgIpc) is 2.68. The number of hydrogen-bond donors (Lipinski definition) is 2. The molecule has 1 heterocycles. The second-order valence-corrected chi connectivity index (χ2v) is 5.59. The van der Waals surface area contributed by atoms with Crippen LogP contribution < -0.4 is 20.5 Å². The van der Waals surface area contributed by atoms with Gasteiger partial charge in [-0.1, -0.05) is 0 Å². The molecule has 110 valence electrons. The Balaban J connectivity index is 1.74. The molecule has 1 unspecified atom stereocenters. The van der Waals surface area contributed by atoms with Gasteiger partial charge < -0.3 is 25.3 Å². The monoisotopic (exact) mass is 280 g/mol. The summed E-state index contributed by atoms with van der Waals surface area (Å²) in [6.07, 6.45) is -0.340. The van der Waals surface area contributed by atoms with Gasteiger partial charge in [-0.25, -0.2) is 4.79 Å². The number of nitrogens with one attached hydrogen (secondary N) is 1. The number of rotatable bonds is 3. The summed E-state index contributed by atoms with van der Waals surface area (Å²) in [5, 5.41) is 2.66. The minimum Gasteiger partial charge on any atom is -0.451 e. The SMILES string of the molecule is CC(C)(C)OC(=O)NCCC1Oc2ccc(N)cc2O1. The van der Waals surface area contributed by atoms with Crippen molar-refractivity contribution in [3.8, 4) is 11.5 Å². The van der Waals surface area contributed by atoms with E-state index in [4.69, 9.17) is 19.9 Å². The fourth-order valence-corrected chi connectivity index (χ4v) is 1.75. The van der Waals surface area contributed by atoms with Gasteiger partial charge in [0.25, 0.3) is 0 Å².